The van der Waals surface area contributed by atoms with Gasteiger partial charge in [-0.3, -0.25) is 5.41 Å². The Kier molecular flexibility index (Phi) is 3.57. The highest BCUT2D eigenvalue weighted by Gasteiger charge is 2.18. The van der Waals surface area contributed by atoms with Crippen LogP contribution in [0.5, 0.6) is 0 Å². The quantitative estimate of drug-likeness (QED) is 0.498. The summed E-state index contributed by atoms with van der Waals surface area (Å²) < 4.78 is 0. The van der Waals surface area contributed by atoms with Crippen molar-refractivity contribution < 1.29 is 0 Å². The number of amidine groups is 1. The first-order valence-corrected chi connectivity index (χ1v) is 5.10. The third-order valence-electron chi connectivity index (χ3n) is 2.91. The SMILES string of the molecule is CCC(=N)N1CCC(CC)CC1. The molecule has 2 heteroatoms. The maximum atomic E-state index is 7.68. The first-order chi connectivity index (χ1) is 5.77. The van der Waals surface area contributed by atoms with Crippen LogP contribution in [0.1, 0.15) is 39.5 Å². The van der Waals surface area contributed by atoms with Crippen molar-refractivity contribution in [2.75, 3.05) is 13.1 Å². The Morgan fingerprint density at radius 2 is 1.92 bits per heavy atom. The van der Waals surface area contributed by atoms with Crippen molar-refractivity contribution in [3.8, 4) is 0 Å². The summed E-state index contributed by atoms with van der Waals surface area (Å²) in [4.78, 5) is 2.23. The minimum absolute atomic E-state index is 0.824. The molecule has 0 aliphatic carbocycles. The molecule has 70 valence electrons. The van der Waals surface area contributed by atoms with Crippen LogP contribution in [-0.2, 0) is 0 Å². The van der Waals surface area contributed by atoms with Crippen LogP contribution < -0.4 is 0 Å². The second kappa shape index (κ2) is 4.48. The first kappa shape index (κ1) is 9.56. The predicted octanol–water partition coefficient (Wildman–Crippen LogP) is 2.50. The van der Waals surface area contributed by atoms with Gasteiger partial charge in [-0.25, -0.2) is 0 Å². The van der Waals surface area contributed by atoms with Crippen LogP contribution in [-0.4, -0.2) is 23.8 Å². The lowest BCUT2D eigenvalue weighted by Crippen LogP contribution is -2.37. The molecule has 1 rings (SSSR count). The topological polar surface area (TPSA) is 27.1 Å². The van der Waals surface area contributed by atoms with Crippen LogP contribution in [0.3, 0.4) is 0 Å². The molecule has 12 heavy (non-hydrogen) atoms. The Morgan fingerprint density at radius 3 is 2.33 bits per heavy atom. The van der Waals surface area contributed by atoms with E-state index >= 15 is 0 Å². The largest absolute Gasteiger partial charge is 0.361 e. The molecule has 1 N–H and O–H groups in total. The molecule has 2 nitrogen and oxygen atoms in total. The molecule has 1 aliphatic heterocycles. The van der Waals surface area contributed by atoms with Crippen LogP contribution in [0.25, 0.3) is 0 Å². The molecule has 0 atom stereocenters. The predicted molar refractivity (Wildman–Crippen MR) is 52.6 cm³/mol. The minimum Gasteiger partial charge on any atom is -0.361 e. The van der Waals surface area contributed by atoms with E-state index in [-0.39, 0.29) is 0 Å². The molecule has 0 unspecified atom stereocenters. The molecule has 0 radical (unpaired) electrons. The molecule has 0 aromatic heterocycles. The summed E-state index contributed by atoms with van der Waals surface area (Å²) in [5, 5.41) is 7.68. The van der Waals surface area contributed by atoms with E-state index in [0.29, 0.717) is 0 Å². The zero-order chi connectivity index (χ0) is 8.97. The fourth-order valence-electron chi connectivity index (χ4n) is 1.83. The van der Waals surface area contributed by atoms with Crippen molar-refractivity contribution in [3.63, 3.8) is 0 Å². The molecule has 0 bridgehead atoms. The second-order valence-corrected chi connectivity index (χ2v) is 3.64. The monoisotopic (exact) mass is 168 g/mol. The molecular formula is C10H20N2. The number of rotatable bonds is 2. The van der Waals surface area contributed by atoms with Crippen LogP contribution in [0.15, 0.2) is 0 Å². The van der Waals surface area contributed by atoms with Gasteiger partial charge in [0.05, 0.1) is 5.84 Å². The molecule has 0 saturated carbocycles. The van der Waals surface area contributed by atoms with Gasteiger partial charge in [-0.05, 0) is 18.8 Å². The van der Waals surface area contributed by atoms with Gasteiger partial charge in [-0.2, -0.15) is 0 Å². The van der Waals surface area contributed by atoms with E-state index in [1.807, 2.05) is 0 Å². The van der Waals surface area contributed by atoms with Crippen LogP contribution in [0.4, 0.5) is 0 Å². The van der Waals surface area contributed by atoms with Gasteiger partial charge < -0.3 is 4.90 Å². The van der Waals surface area contributed by atoms with Gasteiger partial charge in [-0.15, -0.1) is 0 Å². The maximum absolute atomic E-state index is 7.68. The Bertz CT molecular complexity index is 146. The van der Waals surface area contributed by atoms with Crippen molar-refractivity contribution in [3.05, 3.63) is 0 Å². The van der Waals surface area contributed by atoms with Gasteiger partial charge >= 0.3 is 0 Å². The second-order valence-electron chi connectivity index (χ2n) is 3.64. The zero-order valence-electron chi connectivity index (χ0n) is 8.27. The van der Waals surface area contributed by atoms with Crippen molar-refractivity contribution in [2.45, 2.75) is 39.5 Å². The third-order valence-corrected chi connectivity index (χ3v) is 2.91. The Balaban J connectivity index is 2.30. The Hall–Kier alpha value is -0.530. The highest BCUT2D eigenvalue weighted by atomic mass is 15.2. The summed E-state index contributed by atoms with van der Waals surface area (Å²) >= 11 is 0. The number of nitrogens with zero attached hydrogens (tertiary/aromatic N) is 1. The molecule has 1 heterocycles. The van der Waals surface area contributed by atoms with Gasteiger partial charge in [-0.1, -0.05) is 20.3 Å². The first-order valence-electron chi connectivity index (χ1n) is 5.10. The lowest BCUT2D eigenvalue weighted by molar-refractivity contribution is 0.257. The summed E-state index contributed by atoms with van der Waals surface area (Å²) in [7, 11) is 0. The molecule has 0 amide bonds. The number of hydrogen-bond donors (Lipinski definition) is 1. The molecule has 1 saturated heterocycles. The number of likely N-dealkylation sites (tertiary alicyclic amines) is 1. The van der Waals surface area contributed by atoms with Crippen molar-refractivity contribution in [1.82, 2.24) is 4.90 Å². The molecule has 1 aliphatic rings. The normalized spacial score (nSPS) is 19.7. The minimum atomic E-state index is 0.824. The molecule has 0 spiro atoms. The van der Waals surface area contributed by atoms with Gasteiger partial charge in [0.2, 0.25) is 0 Å². The van der Waals surface area contributed by atoms with Crippen molar-refractivity contribution in [1.29, 1.82) is 5.41 Å². The third kappa shape index (κ3) is 2.23. The summed E-state index contributed by atoms with van der Waals surface area (Å²) in [6.07, 6.45) is 4.78. The van der Waals surface area contributed by atoms with Gasteiger partial charge in [0.25, 0.3) is 0 Å². The molecular weight excluding hydrogens is 148 g/mol. The standard InChI is InChI=1S/C10H20N2/c1-3-9-5-7-12(8-6-9)10(11)4-2/h9,11H,3-8H2,1-2H3. The Morgan fingerprint density at radius 1 is 1.33 bits per heavy atom. The number of nitrogens with one attached hydrogen (secondary N) is 1. The molecule has 1 fully saturated rings. The number of piperidine rings is 1. The van der Waals surface area contributed by atoms with Crippen LogP contribution in [0.2, 0.25) is 0 Å². The van der Waals surface area contributed by atoms with E-state index in [0.717, 1.165) is 31.3 Å². The van der Waals surface area contributed by atoms with Gasteiger partial charge in [0, 0.05) is 19.5 Å². The highest BCUT2D eigenvalue weighted by Crippen LogP contribution is 2.20. The van der Waals surface area contributed by atoms with Crippen LogP contribution >= 0.6 is 0 Å². The lowest BCUT2D eigenvalue weighted by Gasteiger charge is -2.33. The van der Waals surface area contributed by atoms with Gasteiger partial charge in [0.1, 0.15) is 0 Å². The van der Waals surface area contributed by atoms with E-state index in [9.17, 15) is 0 Å². The van der Waals surface area contributed by atoms with E-state index in [1.54, 1.807) is 0 Å². The van der Waals surface area contributed by atoms with Crippen LogP contribution in [0, 0.1) is 11.3 Å². The summed E-state index contributed by atoms with van der Waals surface area (Å²) in [6, 6.07) is 0. The summed E-state index contributed by atoms with van der Waals surface area (Å²) in [5.41, 5.74) is 0. The smallest absolute Gasteiger partial charge is 0.0954 e. The fraction of sp³-hybridized carbons (Fsp3) is 0.900. The van der Waals surface area contributed by atoms with Crippen molar-refractivity contribution >= 4 is 5.84 Å². The summed E-state index contributed by atoms with van der Waals surface area (Å²) in [5.74, 6) is 1.75. The highest BCUT2D eigenvalue weighted by molar-refractivity contribution is 5.78. The fourth-order valence-corrected chi connectivity index (χ4v) is 1.83. The van der Waals surface area contributed by atoms with E-state index in [4.69, 9.17) is 5.41 Å². The summed E-state index contributed by atoms with van der Waals surface area (Å²) in [6.45, 7) is 6.57. The van der Waals surface area contributed by atoms with E-state index in [2.05, 4.69) is 18.7 Å². The average molecular weight is 168 g/mol. The molecule has 0 aromatic carbocycles. The molecule has 0 aromatic rings. The van der Waals surface area contributed by atoms with E-state index < -0.39 is 0 Å². The van der Waals surface area contributed by atoms with Crippen molar-refractivity contribution in [2.24, 2.45) is 5.92 Å². The Labute approximate surface area is 75.5 Å². The zero-order valence-corrected chi connectivity index (χ0v) is 8.27. The number of hydrogen-bond acceptors (Lipinski definition) is 1. The average Bonchev–Trinajstić information content (AvgIpc) is 2.17. The maximum Gasteiger partial charge on any atom is 0.0954 e. The van der Waals surface area contributed by atoms with E-state index in [1.165, 1.54) is 19.3 Å². The van der Waals surface area contributed by atoms with Gasteiger partial charge in [0.15, 0.2) is 0 Å². The lowest BCUT2D eigenvalue weighted by atomic mass is 9.94.